The van der Waals surface area contributed by atoms with E-state index < -0.39 is 22.3 Å². The van der Waals surface area contributed by atoms with Crippen molar-refractivity contribution in [2.45, 2.75) is 30.7 Å². The Morgan fingerprint density at radius 2 is 1.87 bits per heavy atom. The summed E-state index contributed by atoms with van der Waals surface area (Å²) < 4.78 is 0. The Morgan fingerprint density at radius 1 is 1.20 bits per heavy atom. The first-order valence-corrected chi connectivity index (χ1v) is 9.92. The molecule has 30 heavy (non-hydrogen) atoms. The predicted molar refractivity (Wildman–Crippen MR) is 114 cm³/mol. The molecule has 2 heterocycles. The summed E-state index contributed by atoms with van der Waals surface area (Å²) in [5.74, 6) is -1.55. The predicted octanol–water partition coefficient (Wildman–Crippen LogP) is 4.34. The van der Waals surface area contributed by atoms with E-state index in [2.05, 4.69) is 17.2 Å². The monoisotopic (exact) mass is 445 g/mol. The van der Waals surface area contributed by atoms with Crippen molar-refractivity contribution in [1.29, 1.82) is 0 Å². The van der Waals surface area contributed by atoms with Crippen molar-refractivity contribution in [2.75, 3.05) is 5.32 Å². The quantitative estimate of drug-likeness (QED) is 0.416. The number of nitro benzene ring substituents is 1. The van der Waals surface area contributed by atoms with Crippen LogP contribution in [0.4, 0.5) is 11.4 Å². The van der Waals surface area contributed by atoms with Gasteiger partial charge < -0.3 is 10.6 Å². The molecule has 9 heteroatoms. The minimum atomic E-state index is -1.34. The van der Waals surface area contributed by atoms with Gasteiger partial charge in [0.2, 0.25) is 11.8 Å². The summed E-state index contributed by atoms with van der Waals surface area (Å²) in [5, 5.41) is 18.2. The van der Waals surface area contributed by atoms with Gasteiger partial charge in [0.05, 0.1) is 11.0 Å². The maximum atomic E-state index is 13.5. The lowest BCUT2D eigenvalue weighted by molar-refractivity contribution is -0.385. The van der Waals surface area contributed by atoms with E-state index in [0.717, 1.165) is 0 Å². The largest absolute Gasteiger partial charge is 0.348 e. The summed E-state index contributed by atoms with van der Waals surface area (Å²) in [5.41, 5.74) is 0.347. The van der Waals surface area contributed by atoms with Crippen LogP contribution in [0.3, 0.4) is 0 Å². The SMILES string of the molecule is C=C(C)C1NC(=O)CC(c2cc(Cl)ccc2[N+](=O)[O-])C12C(=O)Nc1cc(Cl)ccc12. The van der Waals surface area contributed by atoms with Crippen LogP contribution in [0, 0.1) is 10.1 Å². The number of nitrogens with one attached hydrogen (secondary N) is 2. The van der Waals surface area contributed by atoms with Gasteiger partial charge in [0.1, 0.15) is 5.41 Å². The van der Waals surface area contributed by atoms with Crippen molar-refractivity contribution in [3.63, 3.8) is 0 Å². The molecule has 7 nitrogen and oxygen atoms in total. The molecule has 0 aromatic heterocycles. The van der Waals surface area contributed by atoms with Crippen LogP contribution in [0.25, 0.3) is 0 Å². The number of fused-ring (bicyclic) bond motifs is 2. The Morgan fingerprint density at radius 3 is 2.53 bits per heavy atom. The zero-order chi connectivity index (χ0) is 21.8. The Hall–Kier alpha value is -2.90. The number of nitrogens with zero attached hydrogens (tertiary/aromatic N) is 1. The van der Waals surface area contributed by atoms with Gasteiger partial charge in [-0.15, -0.1) is 0 Å². The average molecular weight is 446 g/mol. The van der Waals surface area contributed by atoms with E-state index in [4.69, 9.17) is 23.2 Å². The summed E-state index contributed by atoms with van der Waals surface area (Å²) in [4.78, 5) is 37.4. The van der Waals surface area contributed by atoms with E-state index in [1.54, 1.807) is 25.1 Å². The maximum absolute atomic E-state index is 13.5. The topological polar surface area (TPSA) is 101 Å². The molecule has 2 N–H and O–H groups in total. The molecule has 2 aliphatic rings. The third kappa shape index (κ3) is 2.88. The van der Waals surface area contributed by atoms with Crippen LogP contribution in [-0.4, -0.2) is 22.8 Å². The number of anilines is 1. The third-order valence-electron chi connectivity index (χ3n) is 5.81. The molecular weight excluding hydrogens is 429 g/mol. The number of nitro groups is 1. The molecule has 4 rings (SSSR count). The number of piperidine rings is 1. The molecule has 154 valence electrons. The first-order chi connectivity index (χ1) is 14.2. The Labute approximate surface area is 182 Å². The molecule has 3 unspecified atom stereocenters. The lowest BCUT2D eigenvalue weighted by Crippen LogP contribution is -2.62. The minimum absolute atomic E-state index is 0.125. The number of amides is 2. The van der Waals surface area contributed by atoms with Crippen molar-refractivity contribution in [3.8, 4) is 0 Å². The molecule has 0 saturated carbocycles. The lowest BCUT2D eigenvalue weighted by atomic mass is 9.59. The molecule has 0 bridgehead atoms. The van der Waals surface area contributed by atoms with E-state index in [1.165, 1.54) is 18.2 Å². The van der Waals surface area contributed by atoms with E-state index in [0.29, 0.717) is 21.8 Å². The van der Waals surface area contributed by atoms with Crippen molar-refractivity contribution in [3.05, 3.63) is 79.8 Å². The molecule has 2 amide bonds. The molecule has 1 fully saturated rings. The summed E-state index contributed by atoms with van der Waals surface area (Å²) >= 11 is 12.3. The fourth-order valence-corrected chi connectivity index (χ4v) is 5.03. The van der Waals surface area contributed by atoms with E-state index in [9.17, 15) is 19.7 Å². The zero-order valence-corrected chi connectivity index (χ0v) is 17.4. The number of hydrogen-bond acceptors (Lipinski definition) is 4. The van der Waals surface area contributed by atoms with Crippen LogP contribution < -0.4 is 10.6 Å². The number of carbonyl (C=O) groups excluding carboxylic acids is 2. The molecule has 1 spiro atoms. The highest BCUT2D eigenvalue weighted by atomic mass is 35.5. The smallest absolute Gasteiger partial charge is 0.273 e. The first kappa shape index (κ1) is 20.4. The molecule has 0 aliphatic carbocycles. The first-order valence-electron chi connectivity index (χ1n) is 9.16. The van der Waals surface area contributed by atoms with Gasteiger partial charge in [0.15, 0.2) is 0 Å². The van der Waals surface area contributed by atoms with Crippen LogP contribution >= 0.6 is 23.2 Å². The zero-order valence-electron chi connectivity index (χ0n) is 15.9. The van der Waals surface area contributed by atoms with Gasteiger partial charge >= 0.3 is 0 Å². The van der Waals surface area contributed by atoms with Gasteiger partial charge in [0, 0.05) is 39.7 Å². The Bertz CT molecular complexity index is 1130. The van der Waals surface area contributed by atoms with E-state index >= 15 is 0 Å². The summed E-state index contributed by atoms with van der Waals surface area (Å²) in [6.45, 7) is 5.69. The summed E-state index contributed by atoms with van der Waals surface area (Å²) in [6, 6.07) is 8.38. The van der Waals surface area contributed by atoms with E-state index in [-0.39, 0.29) is 34.5 Å². The second-order valence-corrected chi connectivity index (χ2v) is 8.45. The molecule has 1 saturated heterocycles. The normalized spacial score (nSPS) is 24.9. The van der Waals surface area contributed by atoms with Crippen LogP contribution in [0.15, 0.2) is 48.6 Å². The third-order valence-corrected chi connectivity index (χ3v) is 6.28. The van der Waals surface area contributed by atoms with Gasteiger partial charge in [-0.3, -0.25) is 19.7 Å². The van der Waals surface area contributed by atoms with Gasteiger partial charge in [-0.2, -0.15) is 0 Å². The number of halogens is 2. The Balaban J connectivity index is 2.06. The van der Waals surface area contributed by atoms with E-state index in [1.807, 2.05) is 0 Å². The Kier molecular flexibility index (Phi) is 4.83. The molecule has 0 radical (unpaired) electrons. The number of rotatable bonds is 3. The van der Waals surface area contributed by atoms with Gasteiger partial charge in [-0.05, 0) is 36.8 Å². The lowest BCUT2D eigenvalue weighted by Gasteiger charge is -2.46. The van der Waals surface area contributed by atoms with Gasteiger partial charge in [-0.25, -0.2) is 0 Å². The fraction of sp³-hybridized carbons (Fsp3) is 0.238. The van der Waals surface area contributed by atoms with Crippen LogP contribution in [-0.2, 0) is 15.0 Å². The molecule has 3 atom stereocenters. The molecule has 2 aromatic rings. The highest BCUT2D eigenvalue weighted by molar-refractivity contribution is 6.31. The molecular formula is C21H17Cl2N3O4. The van der Waals surface area contributed by atoms with Gasteiger partial charge in [-0.1, -0.05) is 41.4 Å². The second kappa shape index (κ2) is 7.11. The summed E-state index contributed by atoms with van der Waals surface area (Å²) in [7, 11) is 0. The standard InChI is InChI=1S/C21H17Cl2N3O4/c1-10(2)19-21(14-5-3-12(23)8-16(14)24-20(21)28)15(9-18(27)25-19)13-7-11(22)4-6-17(13)26(29)30/h3-8,15,19H,1,9H2,2H3,(H,24,28)(H,25,27). The second-order valence-electron chi connectivity index (χ2n) is 7.58. The fourth-order valence-electron chi connectivity index (χ4n) is 4.68. The van der Waals surface area contributed by atoms with Crippen molar-refractivity contribution >= 4 is 46.4 Å². The highest BCUT2D eigenvalue weighted by Gasteiger charge is 2.61. The molecule has 2 aliphatic heterocycles. The van der Waals surface area contributed by atoms with Crippen LogP contribution in [0.1, 0.15) is 30.4 Å². The number of carbonyl (C=O) groups is 2. The highest BCUT2D eigenvalue weighted by Crippen LogP contribution is 2.55. The van der Waals surface area contributed by atoms with Gasteiger partial charge in [0.25, 0.3) is 5.69 Å². The van der Waals surface area contributed by atoms with Crippen LogP contribution in [0.5, 0.6) is 0 Å². The van der Waals surface area contributed by atoms with Crippen LogP contribution in [0.2, 0.25) is 10.0 Å². The average Bonchev–Trinajstić information content (AvgIpc) is 2.94. The minimum Gasteiger partial charge on any atom is -0.348 e. The number of hydrogen-bond donors (Lipinski definition) is 2. The number of benzene rings is 2. The van der Waals surface area contributed by atoms with Crippen molar-refractivity contribution in [1.82, 2.24) is 5.32 Å². The van der Waals surface area contributed by atoms with Crippen molar-refractivity contribution in [2.24, 2.45) is 0 Å². The van der Waals surface area contributed by atoms with Crippen molar-refractivity contribution < 1.29 is 14.5 Å². The summed E-state index contributed by atoms with van der Waals surface area (Å²) in [6.07, 6.45) is -0.125. The maximum Gasteiger partial charge on any atom is 0.273 e. The molecule has 2 aromatic carbocycles.